The maximum absolute atomic E-state index is 6.10. The summed E-state index contributed by atoms with van der Waals surface area (Å²) in [6.07, 6.45) is 0.963. The first-order chi connectivity index (χ1) is 10.3. The number of rotatable bonds is 8. The number of benzene rings is 2. The molecule has 0 radical (unpaired) electrons. The van der Waals surface area contributed by atoms with Crippen LogP contribution in [0.4, 0.5) is 0 Å². The first kappa shape index (κ1) is 16.3. The standard InChI is InChI=1S/C17H19Cl2NO/c18-16-9-4-8-15(17(16)19)13-21-11-5-10-20-12-14-6-2-1-3-7-14/h1-4,6-9,20H,5,10-13H2. The van der Waals surface area contributed by atoms with Crippen LogP contribution >= 0.6 is 23.2 Å². The zero-order chi connectivity index (χ0) is 14.9. The molecule has 0 aliphatic rings. The van der Waals surface area contributed by atoms with Gasteiger partial charge in [-0.15, -0.1) is 0 Å². The van der Waals surface area contributed by atoms with Gasteiger partial charge in [-0.2, -0.15) is 0 Å². The van der Waals surface area contributed by atoms with Crippen LogP contribution in [0.3, 0.4) is 0 Å². The lowest BCUT2D eigenvalue weighted by Gasteiger charge is -2.08. The summed E-state index contributed by atoms with van der Waals surface area (Å²) >= 11 is 12.1. The Hall–Kier alpha value is -1.06. The fourth-order valence-corrected chi connectivity index (χ4v) is 2.34. The van der Waals surface area contributed by atoms with Crippen LogP contribution in [0.5, 0.6) is 0 Å². The average molecular weight is 324 g/mol. The fourth-order valence-electron chi connectivity index (χ4n) is 1.97. The van der Waals surface area contributed by atoms with Gasteiger partial charge < -0.3 is 10.1 Å². The Morgan fingerprint density at radius 2 is 1.76 bits per heavy atom. The van der Waals surface area contributed by atoms with Crippen molar-refractivity contribution in [1.29, 1.82) is 0 Å². The van der Waals surface area contributed by atoms with Gasteiger partial charge in [0.15, 0.2) is 0 Å². The predicted octanol–water partition coefficient (Wildman–Crippen LogP) is 4.69. The van der Waals surface area contributed by atoms with E-state index in [0.717, 1.165) is 25.1 Å². The Morgan fingerprint density at radius 3 is 2.57 bits per heavy atom. The Morgan fingerprint density at radius 1 is 0.952 bits per heavy atom. The second-order valence-electron chi connectivity index (χ2n) is 4.78. The molecule has 2 aromatic carbocycles. The largest absolute Gasteiger partial charge is 0.377 e. The lowest BCUT2D eigenvalue weighted by molar-refractivity contribution is 0.118. The molecule has 0 amide bonds. The van der Waals surface area contributed by atoms with Crippen molar-refractivity contribution in [2.45, 2.75) is 19.6 Å². The molecule has 0 saturated carbocycles. The molecule has 0 heterocycles. The SMILES string of the molecule is Clc1cccc(COCCCNCc2ccccc2)c1Cl. The molecule has 0 fully saturated rings. The van der Waals surface area contributed by atoms with Crippen LogP contribution in [-0.2, 0) is 17.9 Å². The molecule has 0 spiro atoms. The minimum atomic E-state index is 0.498. The molecule has 2 rings (SSSR count). The minimum absolute atomic E-state index is 0.498. The molecule has 0 bridgehead atoms. The summed E-state index contributed by atoms with van der Waals surface area (Å²) in [5.41, 5.74) is 2.23. The second kappa shape index (κ2) is 9.06. The Bertz CT molecular complexity index is 546. The lowest BCUT2D eigenvalue weighted by atomic mass is 10.2. The van der Waals surface area contributed by atoms with E-state index in [4.69, 9.17) is 27.9 Å². The van der Waals surface area contributed by atoms with Crippen LogP contribution in [-0.4, -0.2) is 13.2 Å². The van der Waals surface area contributed by atoms with Gasteiger partial charge in [0, 0.05) is 13.2 Å². The van der Waals surface area contributed by atoms with Crippen LogP contribution in [0.1, 0.15) is 17.5 Å². The first-order valence-corrected chi connectivity index (χ1v) is 7.78. The van der Waals surface area contributed by atoms with E-state index in [9.17, 15) is 0 Å². The van der Waals surface area contributed by atoms with Gasteiger partial charge in [-0.3, -0.25) is 0 Å². The number of ether oxygens (including phenoxy) is 1. The summed E-state index contributed by atoms with van der Waals surface area (Å²) in [5.74, 6) is 0. The van der Waals surface area contributed by atoms with Crippen LogP contribution < -0.4 is 5.32 Å². The maximum Gasteiger partial charge on any atom is 0.0731 e. The molecule has 2 aromatic rings. The number of hydrogen-bond acceptors (Lipinski definition) is 2. The molecule has 1 N–H and O–H groups in total. The van der Waals surface area contributed by atoms with Gasteiger partial charge in [-0.25, -0.2) is 0 Å². The summed E-state index contributed by atoms with van der Waals surface area (Å²) in [7, 11) is 0. The maximum atomic E-state index is 6.10. The van der Waals surface area contributed by atoms with E-state index in [1.165, 1.54) is 5.56 Å². The van der Waals surface area contributed by atoms with Gasteiger partial charge in [0.25, 0.3) is 0 Å². The zero-order valence-corrected chi connectivity index (χ0v) is 13.3. The van der Waals surface area contributed by atoms with Gasteiger partial charge in [0.05, 0.1) is 16.7 Å². The average Bonchev–Trinajstić information content (AvgIpc) is 2.51. The summed E-state index contributed by atoms with van der Waals surface area (Å²) in [5, 5.41) is 4.55. The fraction of sp³-hybridized carbons (Fsp3) is 0.294. The van der Waals surface area contributed by atoms with Crippen molar-refractivity contribution in [3.05, 3.63) is 69.7 Å². The first-order valence-electron chi connectivity index (χ1n) is 7.02. The van der Waals surface area contributed by atoms with E-state index in [-0.39, 0.29) is 0 Å². The highest BCUT2D eigenvalue weighted by Crippen LogP contribution is 2.25. The molecule has 21 heavy (non-hydrogen) atoms. The molecular weight excluding hydrogens is 305 g/mol. The van der Waals surface area contributed by atoms with Crippen molar-refractivity contribution in [3.63, 3.8) is 0 Å². The van der Waals surface area contributed by atoms with Crippen LogP contribution in [0, 0.1) is 0 Å². The molecule has 0 unspecified atom stereocenters. The van der Waals surface area contributed by atoms with E-state index >= 15 is 0 Å². The van der Waals surface area contributed by atoms with Crippen molar-refractivity contribution in [2.75, 3.05) is 13.2 Å². The van der Waals surface area contributed by atoms with Crippen LogP contribution in [0.2, 0.25) is 10.0 Å². The Kier molecular flexibility index (Phi) is 7.04. The van der Waals surface area contributed by atoms with Gasteiger partial charge in [0.2, 0.25) is 0 Å². The molecule has 0 atom stereocenters. The molecule has 0 saturated heterocycles. The van der Waals surface area contributed by atoms with Crippen molar-refractivity contribution in [3.8, 4) is 0 Å². The highest BCUT2D eigenvalue weighted by molar-refractivity contribution is 6.42. The van der Waals surface area contributed by atoms with E-state index in [0.29, 0.717) is 23.3 Å². The van der Waals surface area contributed by atoms with E-state index in [2.05, 4.69) is 29.6 Å². The normalized spacial score (nSPS) is 10.8. The van der Waals surface area contributed by atoms with Crippen molar-refractivity contribution < 1.29 is 4.74 Å². The predicted molar refractivity (Wildman–Crippen MR) is 88.9 cm³/mol. The zero-order valence-electron chi connectivity index (χ0n) is 11.8. The summed E-state index contributed by atoms with van der Waals surface area (Å²) in [6.45, 7) is 3.02. The van der Waals surface area contributed by atoms with E-state index in [1.54, 1.807) is 6.07 Å². The van der Waals surface area contributed by atoms with Gasteiger partial charge >= 0.3 is 0 Å². The summed E-state index contributed by atoms with van der Waals surface area (Å²) in [6, 6.07) is 16.0. The minimum Gasteiger partial charge on any atom is -0.377 e. The third kappa shape index (κ3) is 5.68. The van der Waals surface area contributed by atoms with Crippen LogP contribution in [0.25, 0.3) is 0 Å². The van der Waals surface area contributed by atoms with E-state index in [1.807, 2.05) is 18.2 Å². The lowest BCUT2D eigenvalue weighted by Crippen LogP contribution is -2.16. The van der Waals surface area contributed by atoms with Gasteiger partial charge in [-0.1, -0.05) is 65.7 Å². The third-order valence-electron chi connectivity index (χ3n) is 3.10. The number of halogens is 2. The van der Waals surface area contributed by atoms with Crippen molar-refractivity contribution >= 4 is 23.2 Å². The van der Waals surface area contributed by atoms with Gasteiger partial charge in [-0.05, 0) is 30.2 Å². The monoisotopic (exact) mass is 323 g/mol. The molecule has 2 nitrogen and oxygen atoms in total. The number of nitrogens with one attached hydrogen (secondary N) is 1. The van der Waals surface area contributed by atoms with E-state index < -0.39 is 0 Å². The highest BCUT2D eigenvalue weighted by atomic mass is 35.5. The van der Waals surface area contributed by atoms with Crippen molar-refractivity contribution in [1.82, 2.24) is 5.32 Å². The topological polar surface area (TPSA) is 21.3 Å². The second-order valence-corrected chi connectivity index (χ2v) is 5.57. The quantitative estimate of drug-likeness (QED) is 0.711. The smallest absolute Gasteiger partial charge is 0.0731 e. The molecule has 112 valence electrons. The third-order valence-corrected chi connectivity index (χ3v) is 3.96. The highest BCUT2D eigenvalue weighted by Gasteiger charge is 2.03. The number of hydrogen-bond donors (Lipinski definition) is 1. The van der Waals surface area contributed by atoms with Gasteiger partial charge in [0.1, 0.15) is 0 Å². The molecule has 0 aromatic heterocycles. The van der Waals surface area contributed by atoms with Crippen LogP contribution in [0.15, 0.2) is 48.5 Å². The molecule has 4 heteroatoms. The summed E-state index contributed by atoms with van der Waals surface area (Å²) in [4.78, 5) is 0. The Labute approximate surface area is 136 Å². The van der Waals surface area contributed by atoms with Crippen molar-refractivity contribution in [2.24, 2.45) is 0 Å². The molecule has 0 aliphatic heterocycles. The molecule has 0 aliphatic carbocycles. The Balaban J connectivity index is 1.57. The summed E-state index contributed by atoms with van der Waals surface area (Å²) < 4.78 is 5.62. The molecular formula is C17H19Cl2NO.